The summed E-state index contributed by atoms with van der Waals surface area (Å²) in [5, 5.41) is 0. The molecular weight excluding hydrogens is 448 g/mol. The first-order valence-corrected chi connectivity index (χ1v) is 10.2. The van der Waals surface area contributed by atoms with Crippen LogP contribution in [-0.2, 0) is 21.9 Å². The number of carbonyl (C=O) groups is 2. The highest BCUT2D eigenvalue weighted by Gasteiger charge is 2.53. The van der Waals surface area contributed by atoms with Crippen molar-refractivity contribution in [2.45, 2.75) is 38.5 Å². The van der Waals surface area contributed by atoms with E-state index >= 15 is 0 Å². The zero-order valence-electron chi connectivity index (χ0n) is 17.6. The molecule has 2 aromatic carbocycles. The van der Waals surface area contributed by atoms with Crippen molar-refractivity contribution in [1.29, 1.82) is 0 Å². The highest BCUT2D eigenvalue weighted by atomic mass is 19.4. The minimum Gasteiger partial charge on any atom is -0.274 e. The Morgan fingerprint density at radius 2 is 1.39 bits per heavy atom. The lowest BCUT2D eigenvalue weighted by atomic mass is 9.74. The molecule has 0 N–H and O–H groups in total. The number of benzene rings is 2. The van der Waals surface area contributed by atoms with Crippen molar-refractivity contribution in [2.24, 2.45) is 11.8 Å². The van der Waals surface area contributed by atoms with E-state index in [0.717, 1.165) is 4.90 Å². The van der Waals surface area contributed by atoms with Crippen LogP contribution in [0, 0.1) is 25.7 Å². The molecule has 2 amide bonds. The van der Waals surface area contributed by atoms with E-state index in [9.17, 15) is 35.9 Å². The molecule has 0 spiro atoms. The molecule has 0 saturated carbocycles. The van der Waals surface area contributed by atoms with Crippen LogP contribution in [0.2, 0.25) is 0 Å². The van der Waals surface area contributed by atoms with Gasteiger partial charge in [-0.2, -0.15) is 26.3 Å². The van der Waals surface area contributed by atoms with Crippen molar-refractivity contribution < 1.29 is 35.9 Å². The molecule has 0 radical (unpaired) electrons. The van der Waals surface area contributed by atoms with Crippen LogP contribution in [0.5, 0.6) is 0 Å². The normalized spacial score (nSPS) is 23.3. The maximum absolute atomic E-state index is 13.4. The summed E-state index contributed by atoms with van der Waals surface area (Å²) < 4.78 is 80.2. The Kier molecular flexibility index (Phi) is 5.41. The second-order valence-corrected chi connectivity index (χ2v) is 8.41. The van der Waals surface area contributed by atoms with E-state index in [-0.39, 0.29) is 18.1 Å². The summed E-state index contributed by atoms with van der Waals surface area (Å²) in [5.74, 6) is -4.18. The highest BCUT2D eigenvalue weighted by Crippen LogP contribution is 2.47. The molecular formula is C24H19F6NO2. The number of anilines is 1. The third kappa shape index (κ3) is 3.94. The molecule has 4 rings (SSSR count). The van der Waals surface area contributed by atoms with Crippen LogP contribution in [0.3, 0.4) is 0 Å². The smallest absolute Gasteiger partial charge is 0.274 e. The number of hydrogen-bond donors (Lipinski definition) is 0. The van der Waals surface area contributed by atoms with E-state index < -0.39 is 53.0 Å². The fourth-order valence-electron chi connectivity index (χ4n) is 4.76. The van der Waals surface area contributed by atoms with Crippen LogP contribution >= 0.6 is 0 Å². The lowest BCUT2D eigenvalue weighted by molar-refractivity contribution is -0.143. The lowest BCUT2D eigenvalue weighted by Crippen LogP contribution is -2.33. The monoisotopic (exact) mass is 467 g/mol. The van der Waals surface area contributed by atoms with Crippen LogP contribution in [0.25, 0.3) is 0 Å². The quantitative estimate of drug-likeness (QED) is 0.300. The number of amides is 2. The molecule has 1 saturated heterocycles. The Hall–Kier alpha value is -3.10. The third-order valence-corrected chi connectivity index (χ3v) is 6.25. The van der Waals surface area contributed by atoms with Gasteiger partial charge in [0.05, 0.1) is 28.7 Å². The Balaban J connectivity index is 1.83. The number of halogens is 6. The molecule has 0 unspecified atom stereocenters. The molecule has 0 bridgehead atoms. The number of imide groups is 1. The molecule has 2 aliphatic rings. The van der Waals surface area contributed by atoms with Crippen LogP contribution in [0.1, 0.15) is 40.2 Å². The first kappa shape index (κ1) is 23.1. The van der Waals surface area contributed by atoms with Crippen molar-refractivity contribution in [3.05, 3.63) is 76.4 Å². The number of rotatable bonds is 2. The van der Waals surface area contributed by atoms with Crippen LogP contribution < -0.4 is 4.90 Å². The topological polar surface area (TPSA) is 37.4 Å². The molecule has 9 heteroatoms. The molecule has 1 fully saturated rings. The SMILES string of the molecule is Cc1cccc(C)c1N1C(=O)[C@@H]2[C@@H](c3cc(C(F)(F)F)cc(C(F)(F)F)c3)C=CC[C@H]2C1=O. The van der Waals surface area contributed by atoms with Gasteiger partial charge in [-0.1, -0.05) is 30.4 Å². The summed E-state index contributed by atoms with van der Waals surface area (Å²) >= 11 is 0. The molecule has 3 atom stereocenters. The first-order valence-electron chi connectivity index (χ1n) is 10.2. The van der Waals surface area contributed by atoms with Gasteiger partial charge in [-0.15, -0.1) is 0 Å². The van der Waals surface area contributed by atoms with Crippen molar-refractivity contribution in [3.8, 4) is 0 Å². The molecule has 1 aliphatic heterocycles. The number of fused-ring (bicyclic) bond motifs is 1. The molecule has 2 aromatic rings. The maximum Gasteiger partial charge on any atom is 0.416 e. The predicted molar refractivity (Wildman–Crippen MR) is 108 cm³/mol. The van der Waals surface area contributed by atoms with Gasteiger partial charge >= 0.3 is 12.4 Å². The standard InChI is InChI=1S/C24H19F6NO2/c1-12-5-3-6-13(2)20(12)31-21(32)18-8-4-7-17(19(18)22(31)33)14-9-15(23(25,26)27)11-16(10-14)24(28,29)30/h3-7,9-11,17-19H,8H2,1-2H3/t17-,18-,19-/m1/s1. The first-order chi connectivity index (χ1) is 15.3. The number of nitrogens with zero attached hydrogens (tertiary/aromatic N) is 1. The number of allylic oxidation sites excluding steroid dienone is 2. The Bertz CT molecular complexity index is 1110. The van der Waals surface area contributed by atoms with Gasteiger partial charge in [0.1, 0.15) is 0 Å². The van der Waals surface area contributed by atoms with E-state index in [1.54, 1.807) is 38.1 Å². The third-order valence-electron chi connectivity index (χ3n) is 6.25. The van der Waals surface area contributed by atoms with Gasteiger partial charge < -0.3 is 0 Å². The maximum atomic E-state index is 13.4. The fraction of sp³-hybridized carbons (Fsp3) is 0.333. The minimum atomic E-state index is -5.01. The fourth-order valence-corrected chi connectivity index (χ4v) is 4.76. The zero-order chi connectivity index (χ0) is 24.3. The second-order valence-electron chi connectivity index (χ2n) is 8.41. The van der Waals surface area contributed by atoms with E-state index in [0.29, 0.717) is 28.9 Å². The molecule has 174 valence electrons. The summed E-state index contributed by atoms with van der Waals surface area (Å²) in [6.45, 7) is 3.45. The van der Waals surface area contributed by atoms with E-state index in [4.69, 9.17) is 0 Å². The van der Waals surface area contributed by atoms with Crippen molar-refractivity contribution in [2.75, 3.05) is 4.90 Å². The van der Waals surface area contributed by atoms with Gasteiger partial charge in [0.2, 0.25) is 11.8 Å². The van der Waals surface area contributed by atoms with Gasteiger partial charge in [-0.25, -0.2) is 4.90 Å². The van der Waals surface area contributed by atoms with Gasteiger partial charge in [0.25, 0.3) is 0 Å². The number of hydrogen-bond acceptors (Lipinski definition) is 2. The van der Waals surface area contributed by atoms with Crippen LogP contribution in [0.4, 0.5) is 32.0 Å². The zero-order valence-corrected chi connectivity index (χ0v) is 17.6. The number of carbonyl (C=O) groups excluding carboxylic acids is 2. The molecule has 33 heavy (non-hydrogen) atoms. The van der Waals surface area contributed by atoms with E-state index in [1.807, 2.05) is 0 Å². The van der Waals surface area contributed by atoms with Gasteiger partial charge in [-0.3, -0.25) is 9.59 Å². The Morgan fingerprint density at radius 3 is 1.91 bits per heavy atom. The van der Waals surface area contributed by atoms with Gasteiger partial charge in [0.15, 0.2) is 0 Å². The summed E-state index contributed by atoms with van der Waals surface area (Å²) in [5.41, 5.74) is -1.47. The molecule has 1 aliphatic carbocycles. The van der Waals surface area contributed by atoms with Gasteiger partial charge in [0, 0.05) is 5.92 Å². The Labute approximate surface area is 185 Å². The number of alkyl halides is 6. The van der Waals surface area contributed by atoms with Crippen molar-refractivity contribution >= 4 is 17.5 Å². The summed E-state index contributed by atoms with van der Waals surface area (Å²) in [7, 11) is 0. The van der Waals surface area contributed by atoms with Crippen molar-refractivity contribution in [1.82, 2.24) is 0 Å². The minimum absolute atomic E-state index is 0.0537. The molecule has 1 heterocycles. The Morgan fingerprint density at radius 1 is 0.848 bits per heavy atom. The molecule has 0 aromatic heterocycles. The van der Waals surface area contributed by atoms with Crippen molar-refractivity contribution in [3.63, 3.8) is 0 Å². The van der Waals surface area contributed by atoms with Crippen LogP contribution in [0.15, 0.2) is 48.6 Å². The average Bonchev–Trinajstić information content (AvgIpc) is 2.97. The largest absolute Gasteiger partial charge is 0.416 e. The average molecular weight is 467 g/mol. The number of para-hydroxylation sites is 1. The molecule has 3 nitrogen and oxygen atoms in total. The van der Waals surface area contributed by atoms with E-state index in [1.165, 1.54) is 6.08 Å². The highest BCUT2D eigenvalue weighted by molar-refractivity contribution is 6.23. The summed E-state index contributed by atoms with van der Waals surface area (Å²) in [6.07, 6.45) is -6.87. The summed E-state index contributed by atoms with van der Waals surface area (Å²) in [4.78, 5) is 27.7. The van der Waals surface area contributed by atoms with Crippen LogP contribution in [-0.4, -0.2) is 11.8 Å². The van der Waals surface area contributed by atoms with E-state index in [2.05, 4.69) is 0 Å². The predicted octanol–water partition coefficient (Wildman–Crippen LogP) is 6.19. The summed E-state index contributed by atoms with van der Waals surface area (Å²) in [6, 6.07) is 6.53. The van der Waals surface area contributed by atoms with Gasteiger partial charge in [-0.05, 0) is 55.2 Å². The second kappa shape index (κ2) is 7.74. The lowest BCUT2D eigenvalue weighted by Gasteiger charge is -2.28. The number of aryl methyl sites for hydroxylation is 2.